The fraction of sp³-hybridized carbons (Fsp3) is 0.333. The van der Waals surface area contributed by atoms with E-state index in [1.165, 1.54) is 0 Å². The predicted octanol–water partition coefficient (Wildman–Crippen LogP) is 1.19. The second-order valence-electron chi connectivity index (χ2n) is 2.73. The minimum atomic E-state index is -0.0697. The Labute approximate surface area is 83.0 Å². The van der Waals surface area contributed by atoms with Crippen LogP contribution in [0.15, 0.2) is 24.5 Å². The Morgan fingerprint density at radius 2 is 2.54 bits per heavy atom. The van der Waals surface area contributed by atoms with Gasteiger partial charge in [-0.05, 0) is 18.6 Å². The number of thiol groups is 1. The SMILES string of the molecule is CC(NC(=O)CS)c1cccnc1. The normalized spacial score (nSPS) is 12.2. The van der Waals surface area contributed by atoms with Gasteiger partial charge in [0, 0.05) is 12.4 Å². The van der Waals surface area contributed by atoms with E-state index < -0.39 is 0 Å². The Morgan fingerprint density at radius 3 is 3.08 bits per heavy atom. The number of carbonyl (C=O) groups is 1. The van der Waals surface area contributed by atoms with Crippen LogP contribution in [0.5, 0.6) is 0 Å². The molecule has 0 saturated carbocycles. The molecule has 1 aromatic rings. The lowest BCUT2D eigenvalue weighted by molar-refractivity contribution is -0.119. The summed E-state index contributed by atoms with van der Waals surface area (Å²) >= 11 is 3.87. The van der Waals surface area contributed by atoms with E-state index in [2.05, 4.69) is 22.9 Å². The van der Waals surface area contributed by atoms with Crippen LogP contribution in [-0.4, -0.2) is 16.6 Å². The van der Waals surface area contributed by atoms with Crippen LogP contribution in [0.1, 0.15) is 18.5 Å². The summed E-state index contributed by atoms with van der Waals surface area (Å²) < 4.78 is 0. The maximum Gasteiger partial charge on any atom is 0.230 e. The molecule has 0 aromatic carbocycles. The lowest BCUT2D eigenvalue weighted by Gasteiger charge is -2.12. The molecule has 1 unspecified atom stereocenters. The number of hydrogen-bond acceptors (Lipinski definition) is 3. The minimum Gasteiger partial charge on any atom is -0.349 e. The highest BCUT2D eigenvalue weighted by atomic mass is 32.1. The van der Waals surface area contributed by atoms with E-state index in [0.717, 1.165) is 5.56 Å². The number of rotatable bonds is 3. The van der Waals surface area contributed by atoms with Crippen molar-refractivity contribution in [3.8, 4) is 0 Å². The van der Waals surface area contributed by atoms with Crippen molar-refractivity contribution in [2.45, 2.75) is 13.0 Å². The zero-order chi connectivity index (χ0) is 9.68. The van der Waals surface area contributed by atoms with E-state index >= 15 is 0 Å². The third kappa shape index (κ3) is 3.06. The third-order valence-corrected chi connectivity index (χ3v) is 1.99. The largest absolute Gasteiger partial charge is 0.349 e. The van der Waals surface area contributed by atoms with Gasteiger partial charge in [0.15, 0.2) is 0 Å². The van der Waals surface area contributed by atoms with Gasteiger partial charge in [0.25, 0.3) is 0 Å². The molecule has 13 heavy (non-hydrogen) atoms. The lowest BCUT2D eigenvalue weighted by atomic mass is 10.1. The van der Waals surface area contributed by atoms with Crippen molar-refractivity contribution in [2.75, 3.05) is 5.75 Å². The molecule has 1 rings (SSSR count). The number of pyridine rings is 1. The molecule has 1 N–H and O–H groups in total. The summed E-state index contributed by atoms with van der Waals surface area (Å²) in [6.45, 7) is 1.92. The predicted molar refractivity (Wildman–Crippen MR) is 54.6 cm³/mol. The number of nitrogens with one attached hydrogen (secondary N) is 1. The van der Waals surface area contributed by atoms with Gasteiger partial charge in [-0.25, -0.2) is 0 Å². The standard InChI is InChI=1S/C9H12N2OS/c1-7(11-9(12)6-13)8-3-2-4-10-5-8/h2-5,7,13H,6H2,1H3,(H,11,12). The first kappa shape index (κ1) is 10.1. The number of aromatic nitrogens is 1. The van der Waals surface area contributed by atoms with Crippen LogP contribution in [0.2, 0.25) is 0 Å². The summed E-state index contributed by atoms with van der Waals surface area (Å²) in [5.41, 5.74) is 0.998. The summed E-state index contributed by atoms with van der Waals surface area (Å²) in [4.78, 5) is 15.0. The van der Waals surface area contributed by atoms with Crippen molar-refractivity contribution in [3.05, 3.63) is 30.1 Å². The smallest absolute Gasteiger partial charge is 0.230 e. The fourth-order valence-electron chi connectivity index (χ4n) is 1.00. The van der Waals surface area contributed by atoms with Crippen LogP contribution in [0, 0.1) is 0 Å². The maximum absolute atomic E-state index is 11.0. The van der Waals surface area contributed by atoms with Gasteiger partial charge >= 0.3 is 0 Å². The fourth-order valence-corrected chi connectivity index (χ4v) is 1.09. The highest BCUT2D eigenvalue weighted by Gasteiger charge is 2.06. The molecule has 0 aliphatic heterocycles. The van der Waals surface area contributed by atoms with Crippen molar-refractivity contribution in [1.82, 2.24) is 10.3 Å². The van der Waals surface area contributed by atoms with Crippen LogP contribution >= 0.6 is 12.6 Å². The number of nitrogens with zero attached hydrogens (tertiary/aromatic N) is 1. The highest BCUT2D eigenvalue weighted by Crippen LogP contribution is 2.09. The average Bonchev–Trinajstić information content (AvgIpc) is 2.19. The molecule has 70 valence electrons. The molecule has 1 atom stereocenters. The van der Waals surface area contributed by atoms with Crippen LogP contribution in [0.3, 0.4) is 0 Å². The number of carbonyl (C=O) groups excluding carboxylic acids is 1. The van der Waals surface area contributed by atoms with E-state index in [4.69, 9.17) is 0 Å². The second kappa shape index (κ2) is 4.87. The minimum absolute atomic E-state index is 0.00616. The average molecular weight is 196 g/mol. The van der Waals surface area contributed by atoms with Crippen molar-refractivity contribution < 1.29 is 4.79 Å². The second-order valence-corrected chi connectivity index (χ2v) is 3.05. The Balaban J connectivity index is 2.59. The summed E-state index contributed by atoms with van der Waals surface area (Å²) in [5.74, 6) is 0.143. The molecule has 0 fully saturated rings. The molecule has 0 aliphatic rings. The van der Waals surface area contributed by atoms with Gasteiger partial charge in [-0.2, -0.15) is 12.6 Å². The van der Waals surface area contributed by atoms with Crippen LogP contribution in [0.4, 0.5) is 0 Å². The first-order chi connectivity index (χ1) is 6.24. The number of hydrogen-bond donors (Lipinski definition) is 2. The summed E-state index contributed by atoms with van der Waals surface area (Å²) in [6, 6.07) is 3.77. The van der Waals surface area contributed by atoms with Crippen LogP contribution in [-0.2, 0) is 4.79 Å². The van der Waals surface area contributed by atoms with Gasteiger partial charge in [-0.3, -0.25) is 9.78 Å². The Bertz CT molecular complexity index is 276. The zero-order valence-electron chi connectivity index (χ0n) is 7.40. The first-order valence-corrected chi connectivity index (χ1v) is 4.67. The van der Waals surface area contributed by atoms with Crippen molar-refractivity contribution in [3.63, 3.8) is 0 Å². The molecule has 0 bridgehead atoms. The van der Waals surface area contributed by atoms with Crippen LogP contribution in [0.25, 0.3) is 0 Å². The summed E-state index contributed by atoms with van der Waals surface area (Å²) in [5, 5.41) is 2.79. The van der Waals surface area contributed by atoms with E-state index in [0.29, 0.717) is 0 Å². The lowest BCUT2D eigenvalue weighted by Crippen LogP contribution is -2.27. The molecule has 0 saturated heterocycles. The topological polar surface area (TPSA) is 42.0 Å². The van der Waals surface area contributed by atoms with E-state index in [9.17, 15) is 4.79 Å². The van der Waals surface area contributed by atoms with E-state index in [1.54, 1.807) is 12.4 Å². The molecule has 1 aromatic heterocycles. The molecular formula is C9H12N2OS. The monoisotopic (exact) mass is 196 g/mol. The van der Waals surface area contributed by atoms with E-state index in [1.807, 2.05) is 19.1 Å². The van der Waals surface area contributed by atoms with Gasteiger partial charge in [0.1, 0.15) is 0 Å². The van der Waals surface area contributed by atoms with Gasteiger partial charge in [-0.1, -0.05) is 6.07 Å². The van der Waals surface area contributed by atoms with Gasteiger partial charge < -0.3 is 5.32 Å². The Hall–Kier alpha value is -1.03. The molecule has 1 amide bonds. The molecule has 0 aliphatic carbocycles. The molecule has 0 radical (unpaired) electrons. The Kier molecular flexibility index (Phi) is 3.76. The summed E-state index contributed by atoms with van der Waals surface area (Å²) in [6.07, 6.45) is 3.44. The van der Waals surface area contributed by atoms with Crippen molar-refractivity contribution in [1.29, 1.82) is 0 Å². The maximum atomic E-state index is 11.0. The van der Waals surface area contributed by atoms with Crippen molar-refractivity contribution in [2.24, 2.45) is 0 Å². The van der Waals surface area contributed by atoms with Gasteiger partial charge in [0.2, 0.25) is 5.91 Å². The van der Waals surface area contributed by atoms with E-state index in [-0.39, 0.29) is 17.7 Å². The molecule has 0 spiro atoms. The van der Waals surface area contributed by atoms with Crippen LogP contribution < -0.4 is 5.32 Å². The van der Waals surface area contributed by atoms with Gasteiger partial charge in [-0.15, -0.1) is 0 Å². The van der Waals surface area contributed by atoms with Gasteiger partial charge in [0.05, 0.1) is 11.8 Å². The molecular weight excluding hydrogens is 184 g/mol. The summed E-state index contributed by atoms with van der Waals surface area (Å²) in [7, 11) is 0. The van der Waals surface area contributed by atoms with Crippen molar-refractivity contribution >= 4 is 18.5 Å². The molecule has 4 heteroatoms. The number of amides is 1. The Morgan fingerprint density at radius 1 is 1.77 bits per heavy atom. The molecule has 3 nitrogen and oxygen atoms in total. The zero-order valence-corrected chi connectivity index (χ0v) is 8.29. The first-order valence-electron chi connectivity index (χ1n) is 4.04. The quantitative estimate of drug-likeness (QED) is 0.713. The molecule has 1 heterocycles. The highest BCUT2D eigenvalue weighted by molar-refractivity contribution is 7.81. The third-order valence-electron chi connectivity index (χ3n) is 1.71.